The number of nitriles is 1. The van der Waals surface area contributed by atoms with Gasteiger partial charge in [0.15, 0.2) is 0 Å². The second-order valence-electron chi connectivity index (χ2n) is 6.62. The number of ether oxygens (including phenoxy) is 2. The molecule has 2 aromatic heterocycles. The Kier molecular flexibility index (Phi) is 7.54. The first kappa shape index (κ1) is 21.5. The molecule has 1 aliphatic rings. The van der Waals surface area contributed by atoms with Crippen molar-refractivity contribution in [2.45, 2.75) is 25.4 Å². The summed E-state index contributed by atoms with van der Waals surface area (Å²) >= 11 is 1.36. The SMILES string of the molecule is COCCNC(=O)OC1CCc2c(sc(NC(=O)C=Cc3cccnc3)c2C#N)C1. The summed E-state index contributed by atoms with van der Waals surface area (Å²) in [7, 11) is 1.56. The Morgan fingerprint density at radius 1 is 1.47 bits per heavy atom. The molecular weight excluding hydrogens is 404 g/mol. The molecule has 3 rings (SSSR count). The van der Waals surface area contributed by atoms with Crippen LogP contribution in [0.4, 0.5) is 9.80 Å². The number of pyridine rings is 1. The quantitative estimate of drug-likeness (QED) is 0.520. The number of amides is 2. The fourth-order valence-corrected chi connectivity index (χ4v) is 4.38. The van der Waals surface area contributed by atoms with E-state index in [1.165, 1.54) is 17.4 Å². The van der Waals surface area contributed by atoms with E-state index in [4.69, 9.17) is 9.47 Å². The number of thiophene rings is 1. The second-order valence-corrected chi connectivity index (χ2v) is 7.72. The normalized spacial score (nSPS) is 15.3. The molecule has 0 spiro atoms. The van der Waals surface area contributed by atoms with Crippen molar-refractivity contribution in [2.24, 2.45) is 0 Å². The number of anilines is 1. The van der Waals surface area contributed by atoms with Crippen LogP contribution in [0.5, 0.6) is 0 Å². The van der Waals surface area contributed by atoms with E-state index < -0.39 is 6.09 Å². The zero-order chi connectivity index (χ0) is 21.3. The molecule has 0 bridgehead atoms. The van der Waals surface area contributed by atoms with E-state index in [0.717, 1.165) is 16.0 Å². The maximum Gasteiger partial charge on any atom is 0.407 e. The van der Waals surface area contributed by atoms with Crippen LogP contribution in [0.15, 0.2) is 30.6 Å². The number of hydrogen-bond donors (Lipinski definition) is 2. The lowest BCUT2D eigenvalue weighted by Gasteiger charge is -2.22. The number of carbonyl (C=O) groups excluding carboxylic acids is 2. The van der Waals surface area contributed by atoms with Crippen molar-refractivity contribution in [1.82, 2.24) is 10.3 Å². The molecular formula is C21H22N4O4S. The maximum atomic E-state index is 12.3. The third kappa shape index (κ3) is 5.65. The zero-order valence-corrected chi connectivity index (χ0v) is 17.3. The van der Waals surface area contributed by atoms with Gasteiger partial charge in [-0.05, 0) is 36.1 Å². The van der Waals surface area contributed by atoms with E-state index in [9.17, 15) is 14.9 Å². The number of fused-ring (bicyclic) bond motifs is 1. The Balaban J connectivity index is 1.63. The Labute approximate surface area is 178 Å². The highest BCUT2D eigenvalue weighted by Gasteiger charge is 2.28. The highest BCUT2D eigenvalue weighted by atomic mass is 32.1. The molecule has 156 valence electrons. The van der Waals surface area contributed by atoms with E-state index in [-0.39, 0.29) is 12.0 Å². The molecule has 1 unspecified atom stereocenters. The predicted molar refractivity (Wildman–Crippen MR) is 113 cm³/mol. The minimum Gasteiger partial charge on any atom is -0.446 e. The van der Waals surface area contributed by atoms with Gasteiger partial charge in [-0.25, -0.2) is 4.79 Å². The van der Waals surface area contributed by atoms with Gasteiger partial charge >= 0.3 is 6.09 Å². The predicted octanol–water partition coefficient (Wildman–Crippen LogP) is 2.90. The average molecular weight is 426 g/mol. The molecule has 0 radical (unpaired) electrons. The van der Waals surface area contributed by atoms with Crippen LogP contribution < -0.4 is 10.6 Å². The van der Waals surface area contributed by atoms with Gasteiger partial charge in [-0.3, -0.25) is 9.78 Å². The largest absolute Gasteiger partial charge is 0.446 e. The van der Waals surface area contributed by atoms with E-state index in [0.29, 0.717) is 43.0 Å². The molecule has 30 heavy (non-hydrogen) atoms. The molecule has 0 fully saturated rings. The summed E-state index contributed by atoms with van der Waals surface area (Å²) in [5.41, 5.74) is 2.22. The molecule has 1 aliphatic carbocycles. The summed E-state index contributed by atoms with van der Waals surface area (Å²) in [6, 6.07) is 5.83. The second kappa shape index (κ2) is 10.5. The van der Waals surface area contributed by atoms with E-state index in [1.54, 1.807) is 31.6 Å². The summed E-state index contributed by atoms with van der Waals surface area (Å²) < 4.78 is 10.3. The van der Waals surface area contributed by atoms with Crippen LogP contribution in [0.25, 0.3) is 6.08 Å². The molecule has 0 aromatic carbocycles. The van der Waals surface area contributed by atoms with Crippen LogP contribution in [0.3, 0.4) is 0 Å². The number of alkyl carbamates (subject to hydrolysis) is 1. The first-order valence-electron chi connectivity index (χ1n) is 9.48. The third-order valence-electron chi connectivity index (χ3n) is 4.53. The first-order chi connectivity index (χ1) is 14.6. The van der Waals surface area contributed by atoms with Gasteiger partial charge in [0, 0.05) is 43.4 Å². The number of rotatable bonds is 7. The smallest absolute Gasteiger partial charge is 0.407 e. The van der Waals surface area contributed by atoms with Crippen molar-refractivity contribution in [2.75, 3.05) is 25.6 Å². The molecule has 2 heterocycles. The minimum atomic E-state index is -0.480. The standard InChI is InChI=1S/C21H22N4O4S/c1-28-10-9-24-21(27)29-15-5-6-16-17(12-22)20(30-18(16)11-15)25-19(26)7-4-14-3-2-8-23-13-14/h2-4,7-8,13,15H,5-6,9-11H2,1H3,(H,24,27)(H,25,26). The number of carbonyl (C=O) groups is 2. The van der Waals surface area contributed by atoms with Crippen molar-refractivity contribution >= 4 is 34.4 Å². The molecule has 9 heteroatoms. The summed E-state index contributed by atoms with van der Waals surface area (Å²) in [4.78, 5) is 29.1. The Bertz CT molecular complexity index is 965. The van der Waals surface area contributed by atoms with Crippen LogP contribution in [0.1, 0.15) is 28.0 Å². The lowest BCUT2D eigenvalue weighted by Crippen LogP contribution is -2.33. The van der Waals surface area contributed by atoms with Crippen molar-refractivity contribution in [1.29, 1.82) is 5.26 Å². The lowest BCUT2D eigenvalue weighted by molar-refractivity contribution is -0.111. The van der Waals surface area contributed by atoms with Crippen molar-refractivity contribution in [3.05, 3.63) is 52.2 Å². The molecule has 0 saturated heterocycles. The lowest BCUT2D eigenvalue weighted by atomic mass is 9.94. The van der Waals surface area contributed by atoms with Crippen molar-refractivity contribution < 1.29 is 19.1 Å². The van der Waals surface area contributed by atoms with Gasteiger partial charge in [-0.2, -0.15) is 5.26 Å². The van der Waals surface area contributed by atoms with Crippen LogP contribution in [0.2, 0.25) is 0 Å². The fourth-order valence-electron chi connectivity index (χ4n) is 3.11. The minimum absolute atomic E-state index is 0.265. The average Bonchev–Trinajstić information content (AvgIpc) is 3.09. The Morgan fingerprint density at radius 3 is 3.07 bits per heavy atom. The van der Waals surface area contributed by atoms with Gasteiger partial charge in [-0.15, -0.1) is 11.3 Å². The zero-order valence-electron chi connectivity index (χ0n) is 16.5. The maximum absolute atomic E-state index is 12.3. The number of aromatic nitrogens is 1. The van der Waals surface area contributed by atoms with Crippen LogP contribution in [0, 0.1) is 11.3 Å². The molecule has 2 aromatic rings. The van der Waals surface area contributed by atoms with E-state index in [1.807, 2.05) is 6.07 Å². The van der Waals surface area contributed by atoms with Crippen LogP contribution in [-0.4, -0.2) is 43.3 Å². The van der Waals surface area contributed by atoms with E-state index in [2.05, 4.69) is 21.7 Å². The Morgan fingerprint density at radius 2 is 2.33 bits per heavy atom. The van der Waals surface area contributed by atoms with Gasteiger partial charge in [0.05, 0.1) is 12.2 Å². The van der Waals surface area contributed by atoms with Crippen molar-refractivity contribution in [3.8, 4) is 6.07 Å². The molecule has 8 nitrogen and oxygen atoms in total. The molecule has 1 atom stereocenters. The molecule has 2 amide bonds. The van der Waals surface area contributed by atoms with Gasteiger partial charge in [-0.1, -0.05) is 6.07 Å². The molecule has 2 N–H and O–H groups in total. The van der Waals surface area contributed by atoms with Crippen LogP contribution in [-0.2, 0) is 27.1 Å². The first-order valence-corrected chi connectivity index (χ1v) is 10.3. The van der Waals surface area contributed by atoms with E-state index >= 15 is 0 Å². The third-order valence-corrected chi connectivity index (χ3v) is 5.70. The highest BCUT2D eigenvalue weighted by Crippen LogP contribution is 2.38. The van der Waals surface area contributed by atoms with Crippen LogP contribution >= 0.6 is 11.3 Å². The number of methoxy groups -OCH3 is 1. The molecule has 0 aliphatic heterocycles. The Hall–Kier alpha value is -3.22. The summed E-state index contributed by atoms with van der Waals surface area (Å²) in [6.45, 7) is 0.798. The summed E-state index contributed by atoms with van der Waals surface area (Å²) in [6.07, 6.45) is 7.41. The van der Waals surface area contributed by atoms with Gasteiger partial charge in [0.2, 0.25) is 5.91 Å². The summed E-state index contributed by atoms with van der Waals surface area (Å²) in [5, 5.41) is 15.5. The van der Waals surface area contributed by atoms with Gasteiger partial charge in [0.1, 0.15) is 17.2 Å². The number of nitrogens with one attached hydrogen (secondary N) is 2. The van der Waals surface area contributed by atoms with Gasteiger partial charge < -0.3 is 20.1 Å². The topological polar surface area (TPSA) is 113 Å². The van der Waals surface area contributed by atoms with Crippen molar-refractivity contribution in [3.63, 3.8) is 0 Å². The molecule has 0 saturated carbocycles. The number of hydrogen-bond acceptors (Lipinski definition) is 7. The fraction of sp³-hybridized carbons (Fsp3) is 0.333. The highest BCUT2D eigenvalue weighted by molar-refractivity contribution is 7.16. The monoisotopic (exact) mass is 426 g/mol. The summed E-state index contributed by atoms with van der Waals surface area (Å²) in [5.74, 6) is -0.320. The van der Waals surface area contributed by atoms with Gasteiger partial charge in [0.25, 0.3) is 0 Å². The number of nitrogens with zero attached hydrogens (tertiary/aromatic N) is 2.